The van der Waals surface area contributed by atoms with Gasteiger partial charge in [0, 0.05) is 22.6 Å². The highest BCUT2D eigenvalue weighted by Gasteiger charge is 2.23. The van der Waals surface area contributed by atoms with Crippen LogP contribution in [-0.2, 0) is 25.7 Å². The highest BCUT2D eigenvalue weighted by molar-refractivity contribution is 7.17. The van der Waals surface area contributed by atoms with Crippen molar-refractivity contribution < 1.29 is 0 Å². The Balaban J connectivity index is 1.89. The third kappa shape index (κ3) is 2.09. The molecule has 0 fully saturated rings. The average molecular weight is 311 g/mol. The van der Waals surface area contributed by atoms with E-state index in [9.17, 15) is 0 Å². The zero-order valence-electron chi connectivity index (χ0n) is 12.9. The second-order valence-electron chi connectivity index (χ2n) is 5.94. The Hall–Kier alpha value is -1.65. The minimum Gasteiger partial charge on any atom is -0.330 e. The molecule has 2 N–H and O–H groups in total. The van der Waals surface area contributed by atoms with Gasteiger partial charge >= 0.3 is 0 Å². The number of aromatic nitrogens is 2. The normalized spacial score (nSPS) is 13.9. The van der Waals surface area contributed by atoms with Gasteiger partial charge in [-0.05, 0) is 37.8 Å². The van der Waals surface area contributed by atoms with Crippen molar-refractivity contribution in [2.45, 2.75) is 39.0 Å². The first-order chi connectivity index (χ1) is 10.8. The highest BCUT2D eigenvalue weighted by atomic mass is 32.1. The summed E-state index contributed by atoms with van der Waals surface area (Å²) in [6, 6.07) is 8.82. The van der Waals surface area contributed by atoms with E-state index in [0.29, 0.717) is 6.54 Å². The predicted octanol–water partition coefficient (Wildman–Crippen LogP) is 3.62. The van der Waals surface area contributed by atoms with Crippen LogP contribution in [0.3, 0.4) is 0 Å². The third-order valence-corrected chi connectivity index (χ3v) is 5.73. The molecule has 2 heterocycles. The summed E-state index contributed by atoms with van der Waals surface area (Å²) >= 11 is 1.86. The molecule has 3 aromatic rings. The number of imidazole rings is 1. The molecule has 22 heavy (non-hydrogen) atoms. The van der Waals surface area contributed by atoms with Crippen LogP contribution < -0.4 is 5.73 Å². The number of fused-ring (bicyclic) bond motifs is 3. The van der Waals surface area contributed by atoms with Gasteiger partial charge in [0.05, 0.1) is 11.4 Å². The van der Waals surface area contributed by atoms with Crippen molar-refractivity contribution in [3.8, 4) is 11.3 Å². The van der Waals surface area contributed by atoms with E-state index in [0.717, 1.165) is 23.5 Å². The number of aryl methyl sites for hydroxylation is 3. The van der Waals surface area contributed by atoms with E-state index >= 15 is 0 Å². The molecule has 0 radical (unpaired) electrons. The Morgan fingerprint density at radius 1 is 1.23 bits per heavy atom. The maximum absolute atomic E-state index is 5.88. The first-order valence-electron chi connectivity index (χ1n) is 8.13. The summed E-state index contributed by atoms with van der Waals surface area (Å²) in [5.74, 6) is 0. The van der Waals surface area contributed by atoms with Crippen molar-refractivity contribution in [2.24, 2.45) is 5.73 Å². The van der Waals surface area contributed by atoms with Crippen LogP contribution >= 0.6 is 11.3 Å². The molecule has 0 spiro atoms. The summed E-state index contributed by atoms with van der Waals surface area (Å²) in [6.45, 7) is 2.85. The molecule has 0 amide bonds. The predicted molar refractivity (Wildman–Crippen MR) is 92.7 cm³/mol. The van der Waals surface area contributed by atoms with Crippen LogP contribution in [0.2, 0.25) is 0 Å². The van der Waals surface area contributed by atoms with Gasteiger partial charge in [-0.1, -0.05) is 31.2 Å². The summed E-state index contributed by atoms with van der Waals surface area (Å²) in [5, 5.41) is 0. The van der Waals surface area contributed by atoms with Gasteiger partial charge in [-0.3, -0.25) is 4.40 Å². The fourth-order valence-electron chi connectivity index (χ4n) is 3.43. The third-order valence-electron chi connectivity index (χ3n) is 4.58. The SMILES string of the molecule is CCc1ccc(-c2nc3sc4c(n3c2CCN)CCC4)cc1. The number of rotatable bonds is 4. The van der Waals surface area contributed by atoms with E-state index in [-0.39, 0.29) is 0 Å². The maximum atomic E-state index is 5.88. The van der Waals surface area contributed by atoms with E-state index in [1.165, 1.54) is 46.7 Å². The van der Waals surface area contributed by atoms with E-state index in [2.05, 4.69) is 35.6 Å². The summed E-state index contributed by atoms with van der Waals surface area (Å²) in [6.07, 6.45) is 5.62. The summed E-state index contributed by atoms with van der Waals surface area (Å²) in [4.78, 5) is 7.61. The summed E-state index contributed by atoms with van der Waals surface area (Å²) in [5.41, 5.74) is 12.3. The van der Waals surface area contributed by atoms with Crippen LogP contribution in [0, 0.1) is 0 Å². The lowest BCUT2D eigenvalue weighted by Crippen LogP contribution is -2.07. The zero-order chi connectivity index (χ0) is 15.1. The van der Waals surface area contributed by atoms with Gasteiger partial charge in [-0.2, -0.15) is 0 Å². The molecule has 0 saturated heterocycles. The van der Waals surface area contributed by atoms with Gasteiger partial charge in [0.1, 0.15) is 0 Å². The standard InChI is InChI=1S/C18H21N3S/c1-2-12-6-8-13(9-7-12)17-15(10-11-19)21-14-4-3-5-16(14)22-18(21)20-17/h6-9H,2-5,10-11,19H2,1H3. The van der Waals surface area contributed by atoms with Gasteiger partial charge in [0.25, 0.3) is 0 Å². The van der Waals surface area contributed by atoms with Gasteiger partial charge < -0.3 is 5.73 Å². The highest BCUT2D eigenvalue weighted by Crippen LogP contribution is 2.35. The molecule has 4 rings (SSSR count). The molecule has 0 bridgehead atoms. The number of benzene rings is 1. The van der Waals surface area contributed by atoms with Crippen molar-refractivity contribution in [1.82, 2.24) is 9.38 Å². The van der Waals surface area contributed by atoms with Crippen molar-refractivity contribution in [1.29, 1.82) is 0 Å². The molecule has 0 unspecified atom stereocenters. The van der Waals surface area contributed by atoms with Crippen LogP contribution in [0.15, 0.2) is 24.3 Å². The number of thiazole rings is 1. The van der Waals surface area contributed by atoms with Gasteiger partial charge in [-0.15, -0.1) is 11.3 Å². The van der Waals surface area contributed by atoms with Crippen LogP contribution in [0.25, 0.3) is 16.2 Å². The minimum atomic E-state index is 0.665. The molecular weight excluding hydrogens is 290 g/mol. The number of hydrogen-bond donors (Lipinski definition) is 1. The summed E-state index contributed by atoms with van der Waals surface area (Å²) < 4.78 is 2.39. The second kappa shape index (κ2) is 5.52. The Bertz CT molecular complexity index is 811. The Morgan fingerprint density at radius 2 is 2.05 bits per heavy atom. The molecule has 1 aliphatic rings. The van der Waals surface area contributed by atoms with E-state index < -0.39 is 0 Å². The van der Waals surface area contributed by atoms with Crippen LogP contribution in [0.4, 0.5) is 0 Å². The lowest BCUT2D eigenvalue weighted by atomic mass is 10.1. The molecule has 114 valence electrons. The maximum Gasteiger partial charge on any atom is 0.194 e. The molecule has 0 saturated carbocycles. The fraction of sp³-hybridized carbons (Fsp3) is 0.389. The molecule has 1 aliphatic carbocycles. The monoisotopic (exact) mass is 311 g/mol. The van der Waals surface area contributed by atoms with E-state index in [1.54, 1.807) is 0 Å². The quantitative estimate of drug-likeness (QED) is 0.800. The Labute approximate surface area is 134 Å². The van der Waals surface area contributed by atoms with Crippen LogP contribution in [0.5, 0.6) is 0 Å². The van der Waals surface area contributed by atoms with Gasteiger partial charge in [0.2, 0.25) is 0 Å². The lowest BCUT2D eigenvalue weighted by molar-refractivity contribution is 0.853. The first-order valence-corrected chi connectivity index (χ1v) is 8.94. The van der Waals surface area contributed by atoms with Crippen molar-refractivity contribution in [2.75, 3.05) is 6.54 Å². The fourth-order valence-corrected chi connectivity index (χ4v) is 4.66. The Morgan fingerprint density at radius 3 is 2.77 bits per heavy atom. The van der Waals surface area contributed by atoms with Crippen molar-refractivity contribution >= 4 is 16.3 Å². The van der Waals surface area contributed by atoms with E-state index in [4.69, 9.17) is 10.7 Å². The molecule has 0 aliphatic heterocycles. The van der Waals surface area contributed by atoms with E-state index in [1.807, 2.05) is 11.3 Å². The molecule has 3 nitrogen and oxygen atoms in total. The largest absolute Gasteiger partial charge is 0.330 e. The number of hydrogen-bond acceptors (Lipinski definition) is 3. The van der Waals surface area contributed by atoms with Crippen LogP contribution in [0.1, 0.15) is 35.2 Å². The average Bonchev–Trinajstić information content (AvgIpc) is 3.19. The summed E-state index contributed by atoms with van der Waals surface area (Å²) in [7, 11) is 0. The minimum absolute atomic E-state index is 0.665. The molecule has 0 atom stereocenters. The van der Waals surface area contributed by atoms with Crippen molar-refractivity contribution in [3.63, 3.8) is 0 Å². The molecule has 2 aromatic heterocycles. The van der Waals surface area contributed by atoms with Crippen molar-refractivity contribution in [3.05, 3.63) is 46.1 Å². The van der Waals surface area contributed by atoms with Crippen LogP contribution in [-0.4, -0.2) is 15.9 Å². The first kappa shape index (κ1) is 14.0. The van der Waals surface area contributed by atoms with Gasteiger partial charge in [0.15, 0.2) is 4.96 Å². The molecule has 4 heteroatoms. The van der Waals surface area contributed by atoms with Gasteiger partial charge in [-0.25, -0.2) is 4.98 Å². The number of nitrogens with two attached hydrogens (primary N) is 1. The smallest absolute Gasteiger partial charge is 0.194 e. The lowest BCUT2D eigenvalue weighted by Gasteiger charge is -2.06. The number of nitrogens with zero attached hydrogens (tertiary/aromatic N) is 2. The molecular formula is C18H21N3S. The zero-order valence-corrected chi connectivity index (χ0v) is 13.7. The topological polar surface area (TPSA) is 43.3 Å². The second-order valence-corrected chi connectivity index (χ2v) is 7.00. The molecule has 1 aromatic carbocycles. The Kier molecular flexibility index (Phi) is 3.51.